The van der Waals surface area contributed by atoms with Crippen LogP contribution < -0.4 is 0 Å². The molecular weight excluding hydrogens is 226 g/mol. The molecule has 3 rings (SSSR count). The van der Waals surface area contributed by atoms with Crippen LogP contribution in [0.5, 0.6) is 0 Å². The van der Waals surface area contributed by atoms with Gasteiger partial charge in [-0.1, -0.05) is 43.7 Å². The molecule has 94 valence electrons. The van der Waals surface area contributed by atoms with Gasteiger partial charge in [0, 0.05) is 5.56 Å². The van der Waals surface area contributed by atoms with Crippen molar-refractivity contribution in [2.75, 3.05) is 6.61 Å². The summed E-state index contributed by atoms with van der Waals surface area (Å²) in [7, 11) is 0. The normalized spacial score (nSPS) is 23.2. The average Bonchev–Trinajstić information content (AvgIpc) is 2.91. The standard InChI is InChI=1S/C15H17NO2/c1-2-3-4-9-13-11-7-5-6-8-12(11)14-10-18-15(17)16(13)14/h5-9,14H,2-4,10H2,1H3/b13-9+/t14-/m0/s1. The number of fused-ring (bicyclic) bond motifs is 3. The first-order chi connectivity index (χ1) is 8.83. The summed E-state index contributed by atoms with van der Waals surface area (Å²) < 4.78 is 5.16. The highest BCUT2D eigenvalue weighted by molar-refractivity contribution is 5.88. The van der Waals surface area contributed by atoms with Crippen LogP contribution in [0.1, 0.15) is 43.4 Å². The zero-order valence-corrected chi connectivity index (χ0v) is 10.6. The summed E-state index contributed by atoms with van der Waals surface area (Å²) in [5.41, 5.74) is 3.44. The van der Waals surface area contributed by atoms with Crippen LogP contribution in [0.3, 0.4) is 0 Å². The molecular formula is C15H17NO2. The van der Waals surface area contributed by atoms with E-state index in [-0.39, 0.29) is 12.1 Å². The summed E-state index contributed by atoms with van der Waals surface area (Å²) in [6, 6.07) is 8.32. The van der Waals surface area contributed by atoms with Crippen LogP contribution in [0.25, 0.3) is 5.70 Å². The second-order valence-corrected chi connectivity index (χ2v) is 4.78. The van der Waals surface area contributed by atoms with E-state index in [9.17, 15) is 4.79 Å². The number of allylic oxidation sites excluding steroid dienone is 1. The molecule has 2 heterocycles. The highest BCUT2D eigenvalue weighted by Gasteiger charge is 2.43. The molecule has 2 aliphatic heterocycles. The Morgan fingerprint density at radius 1 is 1.44 bits per heavy atom. The maximum absolute atomic E-state index is 11.8. The molecule has 0 radical (unpaired) electrons. The molecule has 3 heteroatoms. The fourth-order valence-corrected chi connectivity index (χ4v) is 2.72. The number of unbranched alkanes of at least 4 members (excludes halogenated alkanes) is 2. The number of carbonyl (C=O) groups excluding carboxylic acids is 1. The topological polar surface area (TPSA) is 29.5 Å². The second-order valence-electron chi connectivity index (χ2n) is 4.78. The van der Waals surface area contributed by atoms with Gasteiger partial charge in [-0.2, -0.15) is 0 Å². The van der Waals surface area contributed by atoms with E-state index < -0.39 is 0 Å². The quantitative estimate of drug-likeness (QED) is 0.757. The van der Waals surface area contributed by atoms with Crippen LogP contribution >= 0.6 is 0 Å². The maximum atomic E-state index is 11.8. The van der Waals surface area contributed by atoms with E-state index in [1.165, 1.54) is 17.5 Å². The number of carbonyl (C=O) groups is 1. The van der Waals surface area contributed by atoms with Crippen LogP contribution in [-0.2, 0) is 4.74 Å². The highest BCUT2D eigenvalue weighted by Crippen LogP contribution is 2.44. The smallest absolute Gasteiger partial charge is 0.415 e. The Labute approximate surface area is 107 Å². The molecule has 1 saturated heterocycles. The predicted octanol–water partition coefficient (Wildman–Crippen LogP) is 3.72. The number of cyclic esters (lactones) is 1. The number of nitrogens with zero attached hydrogens (tertiary/aromatic N) is 1. The molecule has 1 aromatic carbocycles. The summed E-state index contributed by atoms with van der Waals surface area (Å²) in [5.74, 6) is 0. The van der Waals surface area contributed by atoms with Gasteiger partial charge in [-0.3, -0.25) is 4.90 Å². The van der Waals surface area contributed by atoms with E-state index >= 15 is 0 Å². The third-order valence-electron chi connectivity index (χ3n) is 3.62. The van der Waals surface area contributed by atoms with Crippen molar-refractivity contribution in [3.63, 3.8) is 0 Å². The summed E-state index contributed by atoms with van der Waals surface area (Å²) >= 11 is 0. The van der Waals surface area contributed by atoms with E-state index in [4.69, 9.17) is 4.74 Å². The number of benzene rings is 1. The third kappa shape index (κ3) is 1.62. The van der Waals surface area contributed by atoms with Crippen LogP contribution in [0.4, 0.5) is 4.79 Å². The first-order valence-electron chi connectivity index (χ1n) is 6.58. The largest absolute Gasteiger partial charge is 0.447 e. The molecule has 0 N–H and O–H groups in total. The Morgan fingerprint density at radius 3 is 3.11 bits per heavy atom. The SMILES string of the molecule is CCCC/C=C1\c2ccccc2[C@@H]2COC(=O)N12. The van der Waals surface area contributed by atoms with Gasteiger partial charge < -0.3 is 4.74 Å². The van der Waals surface area contributed by atoms with E-state index in [0.29, 0.717) is 6.61 Å². The molecule has 0 aliphatic carbocycles. The molecule has 1 amide bonds. The van der Waals surface area contributed by atoms with Gasteiger partial charge in [0.1, 0.15) is 12.6 Å². The van der Waals surface area contributed by atoms with Crippen molar-refractivity contribution < 1.29 is 9.53 Å². The minimum atomic E-state index is -0.209. The molecule has 1 fully saturated rings. The number of hydrogen-bond acceptors (Lipinski definition) is 2. The zero-order chi connectivity index (χ0) is 12.5. The van der Waals surface area contributed by atoms with Crippen molar-refractivity contribution in [2.45, 2.75) is 32.2 Å². The van der Waals surface area contributed by atoms with Gasteiger partial charge in [0.2, 0.25) is 0 Å². The van der Waals surface area contributed by atoms with Gasteiger partial charge in [0.05, 0.1) is 5.70 Å². The number of amides is 1. The van der Waals surface area contributed by atoms with Gasteiger partial charge in [-0.25, -0.2) is 4.79 Å². The minimum Gasteiger partial charge on any atom is -0.447 e. The van der Waals surface area contributed by atoms with Crippen molar-refractivity contribution in [3.8, 4) is 0 Å². The Balaban J connectivity index is 2.00. The lowest BCUT2D eigenvalue weighted by Gasteiger charge is -2.13. The summed E-state index contributed by atoms with van der Waals surface area (Å²) in [6.45, 7) is 2.65. The number of hydrogen-bond donors (Lipinski definition) is 0. The van der Waals surface area contributed by atoms with Crippen molar-refractivity contribution in [2.24, 2.45) is 0 Å². The monoisotopic (exact) mass is 243 g/mol. The van der Waals surface area contributed by atoms with Crippen LogP contribution in [-0.4, -0.2) is 17.6 Å². The van der Waals surface area contributed by atoms with Gasteiger partial charge >= 0.3 is 6.09 Å². The Hall–Kier alpha value is -1.77. The molecule has 0 bridgehead atoms. The third-order valence-corrected chi connectivity index (χ3v) is 3.62. The van der Waals surface area contributed by atoms with Crippen molar-refractivity contribution >= 4 is 11.8 Å². The molecule has 3 nitrogen and oxygen atoms in total. The Morgan fingerprint density at radius 2 is 2.28 bits per heavy atom. The lowest BCUT2D eigenvalue weighted by atomic mass is 10.0. The van der Waals surface area contributed by atoms with Gasteiger partial charge in [-0.05, 0) is 18.4 Å². The van der Waals surface area contributed by atoms with Gasteiger partial charge in [0.15, 0.2) is 0 Å². The first kappa shape index (κ1) is 11.3. The van der Waals surface area contributed by atoms with E-state index in [1.807, 2.05) is 12.1 Å². The Kier molecular flexibility index (Phi) is 2.82. The molecule has 0 aromatic heterocycles. The molecule has 0 saturated carbocycles. The lowest BCUT2D eigenvalue weighted by Crippen LogP contribution is -2.19. The zero-order valence-electron chi connectivity index (χ0n) is 10.6. The van der Waals surface area contributed by atoms with E-state index in [1.54, 1.807) is 4.90 Å². The highest BCUT2D eigenvalue weighted by atomic mass is 16.6. The number of ether oxygens (including phenoxy) is 1. The van der Waals surface area contributed by atoms with E-state index in [2.05, 4.69) is 25.1 Å². The molecule has 2 aliphatic rings. The lowest BCUT2D eigenvalue weighted by molar-refractivity contribution is 0.167. The first-order valence-corrected chi connectivity index (χ1v) is 6.58. The molecule has 0 spiro atoms. The molecule has 1 atom stereocenters. The molecule has 18 heavy (non-hydrogen) atoms. The van der Waals surface area contributed by atoms with Crippen molar-refractivity contribution in [1.82, 2.24) is 4.90 Å². The van der Waals surface area contributed by atoms with Crippen LogP contribution in [0, 0.1) is 0 Å². The van der Waals surface area contributed by atoms with Crippen LogP contribution in [0.2, 0.25) is 0 Å². The van der Waals surface area contributed by atoms with Crippen molar-refractivity contribution in [1.29, 1.82) is 0 Å². The summed E-state index contributed by atoms with van der Waals surface area (Å²) in [6.07, 6.45) is 5.29. The molecule has 1 aromatic rings. The fourth-order valence-electron chi connectivity index (χ4n) is 2.72. The predicted molar refractivity (Wildman–Crippen MR) is 69.9 cm³/mol. The Bertz CT molecular complexity index is 507. The minimum absolute atomic E-state index is 0.0848. The average molecular weight is 243 g/mol. The summed E-state index contributed by atoms with van der Waals surface area (Å²) in [5, 5.41) is 0. The maximum Gasteiger partial charge on any atom is 0.415 e. The fraction of sp³-hybridized carbons (Fsp3) is 0.400. The second kappa shape index (κ2) is 4.48. The summed E-state index contributed by atoms with van der Waals surface area (Å²) in [4.78, 5) is 13.6. The van der Waals surface area contributed by atoms with Crippen molar-refractivity contribution in [3.05, 3.63) is 41.5 Å². The van der Waals surface area contributed by atoms with Crippen LogP contribution in [0.15, 0.2) is 30.3 Å². The number of rotatable bonds is 3. The molecule has 0 unspecified atom stereocenters. The van der Waals surface area contributed by atoms with E-state index in [0.717, 1.165) is 18.5 Å². The van der Waals surface area contributed by atoms with Gasteiger partial charge in [0.25, 0.3) is 0 Å². The van der Waals surface area contributed by atoms with Gasteiger partial charge in [-0.15, -0.1) is 0 Å².